The molecule has 0 amide bonds. The van der Waals surface area contributed by atoms with Crippen LogP contribution in [-0.4, -0.2) is 29.7 Å². The molecule has 0 unspecified atom stereocenters. The number of halogens is 1. The molecule has 1 rings (SSSR count). The first-order valence-corrected chi connectivity index (χ1v) is 4.92. The van der Waals surface area contributed by atoms with Crippen LogP contribution in [0.3, 0.4) is 0 Å². The van der Waals surface area contributed by atoms with E-state index >= 15 is 0 Å². The molecule has 0 atom stereocenters. The van der Waals surface area contributed by atoms with E-state index in [2.05, 4.69) is 15.3 Å². The summed E-state index contributed by atoms with van der Waals surface area (Å²) in [7, 11) is 0. The summed E-state index contributed by atoms with van der Waals surface area (Å²) in [5.74, 6) is 0.768. The third-order valence-corrected chi connectivity index (χ3v) is 2.15. The van der Waals surface area contributed by atoms with Crippen LogP contribution in [0.25, 0.3) is 0 Å². The Labute approximate surface area is 88.7 Å². The monoisotopic (exact) mass is 215 g/mol. The fourth-order valence-corrected chi connectivity index (χ4v) is 1.13. The Hall–Kier alpha value is -0.870. The number of hydrogen-bond acceptors (Lipinski definition) is 4. The first-order valence-electron chi connectivity index (χ1n) is 4.54. The van der Waals surface area contributed by atoms with Crippen LogP contribution in [0.5, 0.6) is 0 Å². The average Bonchev–Trinajstić information content (AvgIpc) is 2.19. The molecule has 0 fully saturated rings. The van der Waals surface area contributed by atoms with Crippen molar-refractivity contribution in [1.82, 2.24) is 9.97 Å². The lowest BCUT2D eigenvalue weighted by Crippen LogP contribution is -2.11. The minimum Gasteiger partial charge on any atom is -0.380 e. The fraction of sp³-hybridized carbons (Fsp3) is 0.556. The van der Waals surface area contributed by atoms with E-state index in [0.717, 1.165) is 24.5 Å². The number of aromatic nitrogens is 2. The predicted molar refractivity (Wildman–Crippen MR) is 56.8 cm³/mol. The Morgan fingerprint density at radius 3 is 3.00 bits per heavy atom. The number of nitrogens with zero attached hydrogens (tertiary/aromatic N) is 2. The molecule has 0 aliphatic rings. The summed E-state index contributed by atoms with van der Waals surface area (Å²) in [6.45, 7) is 5.96. The molecule has 0 aliphatic heterocycles. The largest absolute Gasteiger partial charge is 0.380 e. The molecule has 5 heteroatoms. The van der Waals surface area contributed by atoms with Crippen molar-refractivity contribution in [3.05, 3.63) is 17.0 Å². The Bertz CT molecular complexity index is 293. The highest BCUT2D eigenvalue weighted by Gasteiger charge is 2.03. The second-order valence-electron chi connectivity index (χ2n) is 2.76. The van der Waals surface area contributed by atoms with Gasteiger partial charge in [0, 0.05) is 18.7 Å². The maximum Gasteiger partial charge on any atom is 0.137 e. The number of rotatable bonds is 5. The first-order chi connectivity index (χ1) is 6.75. The van der Waals surface area contributed by atoms with Gasteiger partial charge in [0.2, 0.25) is 0 Å². The summed E-state index contributed by atoms with van der Waals surface area (Å²) in [5, 5.41) is 3.61. The van der Waals surface area contributed by atoms with Gasteiger partial charge >= 0.3 is 0 Å². The number of nitrogens with one attached hydrogen (secondary N) is 1. The SMILES string of the molecule is CCOCCNc1ncnc(Cl)c1C. The van der Waals surface area contributed by atoms with Gasteiger partial charge in [0.25, 0.3) is 0 Å². The molecule has 1 heterocycles. The number of anilines is 1. The lowest BCUT2D eigenvalue weighted by molar-refractivity contribution is 0.158. The fourth-order valence-electron chi connectivity index (χ4n) is 0.993. The summed E-state index contributed by atoms with van der Waals surface area (Å²) in [4.78, 5) is 7.94. The van der Waals surface area contributed by atoms with Crippen LogP contribution < -0.4 is 5.32 Å². The molecule has 0 aliphatic carbocycles. The lowest BCUT2D eigenvalue weighted by Gasteiger charge is -2.08. The highest BCUT2D eigenvalue weighted by atomic mass is 35.5. The van der Waals surface area contributed by atoms with Gasteiger partial charge in [-0.3, -0.25) is 0 Å². The van der Waals surface area contributed by atoms with Crippen LogP contribution in [0.4, 0.5) is 5.82 Å². The number of ether oxygens (including phenoxy) is 1. The van der Waals surface area contributed by atoms with Crippen LogP contribution in [0.1, 0.15) is 12.5 Å². The molecule has 0 bridgehead atoms. The molecular formula is C9H14ClN3O. The van der Waals surface area contributed by atoms with Gasteiger partial charge in [-0.05, 0) is 13.8 Å². The highest BCUT2D eigenvalue weighted by molar-refractivity contribution is 6.30. The van der Waals surface area contributed by atoms with E-state index in [0.29, 0.717) is 11.8 Å². The first kappa shape index (κ1) is 11.2. The predicted octanol–water partition coefficient (Wildman–Crippen LogP) is 1.89. The van der Waals surface area contributed by atoms with Crippen LogP contribution >= 0.6 is 11.6 Å². The van der Waals surface area contributed by atoms with Crippen molar-refractivity contribution < 1.29 is 4.74 Å². The second kappa shape index (κ2) is 5.78. The van der Waals surface area contributed by atoms with E-state index in [9.17, 15) is 0 Å². The molecule has 14 heavy (non-hydrogen) atoms. The van der Waals surface area contributed by atoms with Crippen molar-refractivity contribution in [3.8, 4) is 0 Å². The van der Waals surface area contributed by atoms with Gasteiger partial charge in [-0.15, -0.1) is 0 Å². The van der Waals surface area contributed by atoms with E-state index in [1.807, 2.05) is 13.8 Å². The Balaban J connectivity index is 2.46. The molecule has 0 saturated carbocycles. The molecule has 1 aromatic rings. The normalized spacial score (nSPS) is 10.2. The topological polar surface area (TPSA) is 47.0 Å². The maximum atomic E-state index is 5.83. The van der Waals surface area contributed by atoms with Crippen LogP contribution in [-0.2, 0) is 4.74 Å². The van der Waals surface area contributed by atoms with Crippen molar-refractivity contribution in [2.45, 2.75) is 13.8 Å². The molecule has 1 N–H and O–H groups in total. The van der Waals surface area contributed by atoms with E-state index < -0.39 is 0 Å². The molecule has 0 aromatic carbocycles. The van der Waals surface area contributed by atoms with Gasteiger partial charge in [-0.25, -0.2) is 9.97 Å². The quantitative estimate of drug-likeness (QED) is 0.602. The summed E-state index contributed by atoms with van der Waals surface area (Å²) >= 11 is 5.83. The summed E-state index contributed by atoms with van der Waals surface area (Å²) in [6, 6.07) is 0. The summed E-state index contributed by atoms with van der Waals surface area (Å²) in [6.07, 6.45) is 1.44. The summed E-state index contributed by atoms with van der Waals surface area (Å²) in [5.41, 5.74) is 0.866. The third-order valence-electron chi connectivity index (χ3n) is 1.77. The standard InChI is InChI=1S/C9H14ClN3O/c1-3-14-5-4-11-9-7(2)8(10)12-6-13-9/h6H,3-5H2,1-2H3,(H,11,12,13). The zero-order valence-electron chi connectivity index (χ0n) is 8.38. The molecule has 78 valence electrons. The van der Waals surface area contributed by atoms with Crippen molar-refractivity contribution in [3.63, 3.8) is 0 Å². The van der Waals surface area contributed by atoms with Crippen LogP contribution in [0.15, 0.2) is 6.33 Å². The van der Waals surface area contributed by atoms with Gasteiger partial charge in [-0.1, -0.05) is 11.6 Å². The van der Waals surface area contributed by atoms with E-state index in [-0.39, 0.29) is 0 Å². The van der Waals surface area contributed by atoms with Gasteiger partial charge in [-0.2, -0.15) is 0 Å². The minimum absolute atomic E-state index is 0.485. The molecule has 0 radical (unpaired) electrons. The maximum absolute atomic E-state index is 5.83. The zero-order chi connectivity index (χ0) is 10.4. The second-order valence-corrected chi connectivity index (χ2v) is 3.12. The average molecular weight is 216 g/mol. The molecular weight excluding hydrogens is 202 g/mol. The van der Waals surface area contributed by atoms with Crippen LogP contribution in [0.2, 0.25) is 5.15 Å². The third kappa shape index (κ3) is 3.12. The summed E-state index contributed by atoms with van der Waals surface area (Å²) < 4.78 is 5.19. The van der Waals surface area contributed by atoms with Crippen molar-refractivity contribution in [2.24, 2.45) is 0 Å². The van der Waals surface area contributed by atoms with Gasteiger partial charge in [0.15, 0.2) is 0 Å². The van der Waals surface area contributed by atoms with Crippen molar-refractivity contribution in [2.75, 3.05) is 25.1 Å². The van der Waals surface area contributed by atoms with Gasteiger partial charge in [0.1, 0.15) is 17.3 Å². The molecule has 0 saturated heterocycles. The molecule has 0 spiro atoms. The number of hydrogen-bond donors (Lipinski definition) is 1. The lowest BCUT2D eigenvalue weighted by atomic mass is 10.3. The Morgan fingerprint density at radius 1 is 1.50 bits per heavy atom. The molecule has 1 aromatic heterocycles. The van der Waals surface area contributed by atoms with E-state index in [1.54, 1.807) is 0 Å². The Kier molecular flexibility index (Phi) is 4.62. The minimum atomic E-state index is 0.485. The van der Waals surface area contributed by atoms with Crippen molar-refractivity contribution in [1.29, 1.82) is 0 Å². The van der Waals surface area contributed by atoms with Gasteiger partial charge < -0.3 is 10.1 Å². The smallest absolute Gasteiger partial charge is 0.137 e. The van der Waals surface area contributed by atoms with Gasteiger partial charge in [0.05, 0.1) is 6.61 Å². The van der Waals surface area contributed by atoms with Crippen LogP contribution in [0, 0.1) is 6.92 Å². The molecule has 4 nitrogen and oxygen atoms in total. The van der Waals surface area contributed by atoms with Crippen molar-refractivity contribution >= 4 is 17.4 Å². The van der Waals surface area contributed by atoms with E-state index in [4.69, 9.17) is 16.3 Å². The van der Waals surface area contributed by atoms with E-state index in [1.165, 1.54) is 6.33 Å². The highest BCUT2D eigenvalue weighted by Crippen LogP contribution is 2.17. The Morgan fingerprint density at radius 2 is 2.29 bits per heavy atom. The zero-order valence-corrected chi connectivity index (χ0v) is 9.14.